The molecule has 2 unspecified atom stereocenters. The Balaban J connectivity index is 3.53. The number of amides is 4. The Labute approximate surface area is 128 Å². The van der Waals surface area contributed by atoms with Crippen molar-refractivity contribution in [2.24, 2.45) is 5.73 Å². The van der Waals surface area contributed by atoms with Crippen molar-refractivity contribution < 1.29 is 29.0 Å². The topological polar surface area (TPSA) is 152 Å². The van der Waals surface area contributed by atoms with Crippen LogP contribution in [0.2, 0.25) is 0 Å². The molecule has 0 aliphatic heterocycles. The first-order valence-electron chi connectivity index (χ1n) is 6.76. The quantitative estimate of drug-likeness (QED) is 0.260. The number of carbonyl (C=O) groups is 3. The minimum Gasteiger partial charge on any atom is -0.391 e. The monoisotopic (exact) mass is 320 g/mol. The number of hydrogen-bond acceptors (Lipinski definition) is 7. The third-order valence-electron chi connectivity index (χ3n) is 2.49. The molecule has 0 heterocycles. The van der Waals surface area contributed by atoms with E-state index in [2.05, 4.69) is 10.6 Å². The van der Waals surface area contributed by atoms with E-state index in [4.69, 9.17) is 15.2 Å². The van der Waals surface area contributed by atoms with Crippen molar-refractivity contribution in [2.45, 2.75) is 19.1 Å². The fourth-order valence-corrected chi connectivity index (χ4v) is 1.51. The molecule has 0 bridgehead atoms. The van der Waals surface area contributed by atoms with Crippen LogP contribution in [0.3, 0.4) is 0 Å². The van der Waals surface area contributed by atoms with Gasteiger partial charge in [-0.2, -0.15) is 0 Å². The maximum atomic E-state index is 11.6. The molecule has 6 N–H and O–H groups in total. The molecule has 0 aromatic carbocycles. The number of aliphatic hydroxyl groups is 1. The molecular weight excluding hydrogens is 296 g/mol. The fourth-order valence-electron chi connectivity index (χ4n) is 1.51. The van der Waals surface area contributed by atoms with E-state index in [-0.39, 0.29) is 38.9 Å². The summed E-state index contributed by atoms with van der Waals surface area (Å²) in [6.45, 7) is 2.16. The highest BCUT2D eigenvalue weighted by Gasteiger charge is 2.20. The van der Waals surface area contributed by atoms with Gasteiger partial charge in [0, 0.05) is 6.54 Å². The van der Waals surface area contributed by atoms with Crippen LogP contribution in [0.25, 0.3) is 0 Å². The minimum absolute atomic E-state index is 0.160. The number of aliphatic hydroxyl groups excluding tert-OH is 1. The molecule has 0 aliphatic carbocycles. The molecule has 0 aromatic rings. The summed E-state index contributed by atoms with van der Waals surface area (Å²) in [5.41, 5.74) is 4.75. The lowest BCUT2D eigenvalue weighted by molar-refractivity contribution is -0.126. The smallest absolute Gasteiger partial charge is 0.318 e. The second-order valence-electron chi connectivity index (χ2n) is 4.38. The van der Waals surface area contributed by atoms with Gasteiger partial charge in [-0.1, -0.05) is 0 Å². The molecule has 0 fully saturated rings. The Hall–Kier alpha value is -1.75. The normalized spacial score (nSPS) is 13.2. The molecule has 0 aromatic heterocycles. The lowest BCUT2D eigenvalue weighted by Gasteiger charge is -2.18. The highest BCUT2D eigenvalue weighted by Crippen LogP contribution is 1.91. The second-order valence-corrected chi connectivity index (χ2v) is 4.38. The average Bonchev–Trinajstić information content (AvgIpc) is 2.41. The Morgan fingerprint density at radius 3 is 2.36 bits per heavy atom. The summed E-state index contributed by atoms with van der Waals surface area (Å²) in [4.78, 5) is 32.9. The third kappa shape index (κ3) is 10.0. The van der Waals surface area contributed by atoms with Gasteiger partial charge < -0.3 is 30.9 Å². The zero-order valence-corrected chi connectivity index (χ0v) is 12.8. The first-order valence-corrected chi connectivity index (χ1v) is 6.76. The van der Waals surface area contributed by atoms with Gasteiger partial charge >= 0.3 is 6.03 Å². The van der Waals surface area contributed by atoms with E-state index in [0.29, 0.717) is 0 Å². The van der Waals surface area contributed by atoms with Crippen molar-refractivity contribution in [2.75, 3.05) is 40.0 Å². The molecule has 0 aliphatic rings. The van der Waals surface area contributed by atoms with Crippen LogP contribution in [0.15, 0.2) is 0 Å². The van der Waals surface area contributed by atoms with Gasteiger partial charge in [0.1, 0.15) is 12.6 Å². The molecule has 0 rings (SSSR count). The van der Waals surface area contributed by atoms with Crippen molar-refractivity contribution in [1.29, 1.82) is 0 Å². The SMILES string of the molecule is CNC(C(=O)NCCOCCOCC(=O)NC(N)=O)C(C)O. The highest BCUT2D eigenvalue weighted by molar-refractivity contribution is 5.94. The summed E-state index contributed by atoms with van der Waals surface area (Å²) >= 11 is 0. The number of primary amides is 1. The summed E-state index contributed by atoms with van der Waals surface area (Å²) in [5, 5.41) is 16.5. The van der Waals surface area contributed by atoms with Crippen molar-refractivity contribution >= 4 is 17.8 Å². The molecule has 4 amide bonds. The maximum Gasteiger partial charge on any atom is 0.318 e. The largest absolute Gasteiger partial charge is 0.391 e. The number of urea groups is 1. The highest BCUT2D eigenvalue weighted by atomic mass is 16.5. The zero-order chi connectivity index (χ0) is 17.0. The standard InChI is InChI=1S/C12H24N4O6/c1-8(17)10(14-2)11(19)15-3-4-21-5-6-22-7-9(18)16-12(13)20/h8,10,14,17H,3-7H2,1-2H3,(H,15,19)(H3,13,16,18,20). The fraction of sp³-hybridized carbons (Fsp3) is 0.750. The van der Waals surface area contributed by atoms with Gasteiger partial charge in [-0.15, -0.1) is 0 Å². The molecule has 128 valence electrons. The van der Waals surface area contributed by atoms with E-state index in [1.165, 1.54) is 6.92 Å². The Bertz CT molecular complexity index is 364. The summed E-state index contributed by atoms with van der Waals surface area (Å²) in [6, 6.07) is -1.61. The van der Waals surface area contributed by atoms with Crippen molar-refractivity contribution in [3.63, 3.8) is 0 Å². The molecule has 0 spiro atoms. The van der Waals surface area contributed by atoms with E-state index in [1.54, 1.807) is 7.05 Å². The van der Waals surface area contributed by atoms with Gasteiger partial charge in [-0.05, 0) is 14.0 Å². The van der Waals surface area contributed by atoms with Crippen molar-refractivity contribution in [1.82, 2.24) is 16.0 Å². The van der Waals surface area contributed by atoms with E-state index < -0.39 is 24.1 Å². The molecular formula is C12H24N4O6. The molecule has 0 saturated heterocycles. The summed E-state index contributed by atoms with van der Waals surface area (Å²) in [5.74, 6) is -0.948. The molecule has 10 nitrogen and oxygen atoms in total. The zero-order valence-electron chi connectivity index (χ0n) is 12.8. The van der Waals surface area contributed by atoms with Crippen molar-refractivity contribution in [3.8, 4) is 0 Å². The number of carbonyl (C=O) groups excluding carboxylic acids is 3. The Kier molecular flexibility index (Phi) is 10.9. The van der Waals surface area contributed by atoms with E-state index in [9.17, 15) is 19.5 Å². The number of rotatable bonds is 11. The van der Waals surface area contributed by atoms with Gasteiger partial charge in [-0.25, -0.2) is 4.79 Å². The number of likely N-dealkylation sites (N-methyl/N-ethyl adjacent to an activating group) is 1. The molecule has 10 heteroatoms. The van der Waals surface area contributed by atoms with Crippen LogP contribution >= 0.6 is 0 Å². The predicted octanol–water partition coefficient (Wildman–Crippen LogP) is -2.70. The number of ether oxygens (including phenoxy) is 2. The second kappa shape index (κ2) is 11.9. The lowest BCUT2D eigenvalue weighted by atomic mass is 10.2. The van der Waals surface area contributed by atoms with Gasteiger partial charge in [0.05, 0.1) is 25.9 Å². The Morgan fingerprint density at radius 1 is 1.18 bits per heavy atom. The van der Waals surface area contributed by atoms with Crippen LogP contribution in [0.4, 0.5) is 4.79 Å². The lowest BCUT2D eigenvalue weighted by Crippen LogP contribution is -2.49. The van der Waals surface area contributed by atoms with Gasteiger partial charge in [0.25, 0.3) is 5.91 Å². The summed E-state index contributed by atoms with van der Waals surface area (Å²) < 4.78 is 10.1. The number of imide groups is 1. The molecule has 2 atom stereocenters. The van der Waals surface area contributed by atoms with Gasteiger partial charge in [0.15, 0.2) is 0 Å². The Morgan fingerprint density at radius 2 is 1.82 bits per heavy atom. The number of nitrogens with two attached hydrogens (primary N) is 1. The van der Waals surface area contributed by atoms with E-state index in [1.807, 2.05) is 5.32 Å². The van der Waals surface area contributed by atoms with Crippen LogP contribution < -0.4 is 21.7 Å². The molecule has 0 saturated carbocycles. The molecule has 22 heavy (non-hydrogen) atoms. The van der Waals surface area contributed by atoms with Crippen LogP contribution in [-0.4, -0.2) is 75.1 Å². The van der Waals surface area contributed by atoms with Crippen LogP contribution in [0, 0.1) is 0 Å². The summed E-state index contributed by atoms with van der Waals surface area (Å²) in [7, 11) is 1.58. The number of hydrogen-bond donors (Lipinski definition) is 5. The predicted molar refractivity (Wildman–Crippen MR) is 76.9 cm³/mol. The third-order valence-corrected chi connectivity index (χ3v) is 2.49. The first-order chi connectivity index (χ1) is 10.4. The maximum absolute atomic E-state index is 11.6. The van der Waals surface area contributed by atoms with E-state index >= 15 is 0 Å². The van der Waals surface area contributed by atoms with Crippen LogP contribution in [-0.2, 0) is 19.1 Å². The molecule has 0 radical (unpaired) electrons. The van der Waals surface area contributed by atoms with Gasteiger partial charge in [-0.3, -0.25) is 14.9 Å². The summed E-state index contributed by atoms with van der Waals surface area (Å²) in [6.07, 6.45) is -0.800. The van der Waals surface area contributed by atoms with Crippen LogP contribution in [0.1, 0.15) is 6.92 Å². The van der Waals surface area contributed by atoms with Crippen LogP contribution in [0.5, 0.6) is 0 Å². The number of nitrogens with one attached hydrogen (secondary N) is 3. The van der Waals surface area contributed by atoms with Crippen molar-refractivity contribution in [3.05, 3.63) is 0 Å². The van der Waals surface area contributed by atoms with E-state index in [0.717, 1.165) is 0 Å². The average molecular weight is 320 g/mol. The minimum atomic E-state index is -0.933. The first kappa shape index (κ1) is 20.2. The van der Waals surface area contributed by atoms with Gasteiger partial charge in [0.2, 0.25) is 5.91 Å².